The highest BCUT2D eigenvalue weighted by molar-refractivity contribution is 4.73. The van der Waals surface area contributed by atoms with Gasteiger partial charge < -0.3 is 14.3 Å². The molecule has 70 valence electrons. The first-order valence-corrected chi connectivity index (χ1v) is 4.34. The highest BCUT2D eigenvalue weighted by atomic mass is 16.7. The predicted octanol–water partition coefficient (Wildman–Crippen LogP) is 2.08. The second-order valence-electron chi connectivity index (χ2n) is 2.55. The molecule has 0 aliphatic carbocycles. The van der Waals surface area contributed by atoms with Crippen molar-refractivity contribution in [3.63, 3.8) is 0 Å². The van der Waals surface area contributed by atoms with Crippen molar-refractivity contribution in [3.05, 3.63) is 11.4 Å². The van der Waals surface area contributed by atoms with Gasteiger partial charge in [-0.2, -0.15) is 0 Å². The molecule has 12 heavy (non-hydrogen) atoms. The summed E-state index contributed by atoms with van der Waals surface area (Å²) >= 11 is 0. The Balaban J connectivity index is 3.70. The zero-order valence-electron chi connectivity index (χ0n) is 8.04. The number of rotatable bonds is 6. The van der Waals surface area contributed by atoms with Crippen LogP contribution in [0, 0.1) is 6.57 Å². The fourth-order valence-corrected chi connectivity index (χ4v) is 0.887. The molecule has 3 heteroatoms. The summed E-state index contributed by atoms with van der Waals surface area (Å²) < 4.78 is 10.6. The highest BCUT2D eigenvalue weighted by Crippen LogP contribution is 2.07. The molecule has 0 radical (unpaired) electrons. The van der Waals surface area contributed by atoms with Gasteiger partial charge >= 0.3 is 0 Å². The largest absolute Gasteiger partial charge is 0.353 e. The molecule has 0 saturated heterocycles. The minimum Gasteiger partial charge on any atom is -0.353 e. The normalized spacial score (nSPS) is 12.9. The van der Waals surface area contributed by atoms with Crippen molar-refractivity contribution in [2.45, 2.75) is 39.5 Å². The Kier molecular flexibility index (Phi) is 6.73. The minimum atomic E-state index is -0.205. The van der Waals surface area contributed by atoms with E-state index in [-0.39, 0.29) is 12.3 Å². The second-order valence-corrected chi connectivity index (χ2v) is 2.55. The summed E-state index contributed by atoms with van der Waals surface area (Å²) in [5, 5.41) is 0. The van der Waals surface area contributed by atoms with Gasteiger partial charge in [-0.15, -0.1) is 0 Å². The SMILES string of the molecule is [C-]#[N+]C(C)CC(OCC)OCC. The molecule has 1 unspecified atom stereocenters. The van der Waals surface area contributed by atoms with E-state index in [4.69, 9.17) is 16.0 Å². The van der Waals surface area contributed by atoms with Crippen LogP contribution >= 0.6 is 0 Å². The van der Waals surface area contributed by atoms with Crippen LogP contribution in [0.15, 0.2) is 0 Å². The Morgan fingerprint density at radius 2 is 1.75 bits per heavy atom. The Bertz CT molecular complexity index is 136. The molecular formula is C9H17NO2. The maximum atomic E-state index is 6.78. The number of ether oxygens (including phenoxy) is 2. The molecule has 0 fully saturated rings. The summed E-state index contributed by atoms with van der Waals surface area (Å²) in [4.78, 5) is 3.38. The van der Waals surface area contributed by atoms with E-state index in [1.165, 1.54) is 0 Å². The Labute approximate surface area is 74.5 Å². The monoisotopic (exact) mass is 171 g/mol. The average molecular weight is 171 g/mol. The zero-order chi connectivity index (χ0) is 9.40. The standard InChI is InChI=1S/C9H17NO2/c1-5-11-9(12-6-2)7-8(3)10-4/h8-9H,5-7H2,1-3H3. The molecule has 0 amide bonds. The van der Waals surface area contributed by atoms with E-state index in [0.29, 0.717) is 19.6 Å². The molecule has 0 bridgehead atoms. The van der Waals surface area contributed by atoms with Crippen molar-refractivity contribution in [1.29, 1.82) is 0 Å². The molecule has 0 heterocycles. The van der Waals surface area contributed by atoms with Crippen LogP contribution in [0.4, 0.5) is 0 Å². The molecule has 0 saturated carbocycles. The van der Waals surface area contributed by atoms with Crippen LogP contribution in [-0.2, 0) is 9.47 Å². The molecule has 0 aromatic rings. The Morgan fingerprint density at radius 1 is 1.25 bits per heavy atom. The summed E-state index contributed by atoms with van der Waals surface area (Å²) in [5.74, 6) is 0. The van der Waals surface area contributed by atoms with Crippen molar-refractivity contribution >= 4 is 0 Å². The molecule has 0 aliphatic rings. The topological polar surface area (TPSA) is 22.8 Å². The quantitative estimate of drug-likeness (QED) is 0.451. The smallest absolute Gasteiger partial charge is 0.225 e. The van der Waals surface area contributed by atoms with Gasteiger partial charge in [0.05, 0.1) is 6.42 Å². The fraction of sp³-hybridized carbons (Fsp3) is 0.889. The fourth-order valence-electron chi connectivity index (χ4n) is 0.887. The molecule has 0 aromatic carbocycles. The maximum absolute atomic E-state index is 6.78. The van der Waals surface area contributed by atoms with E-state index in [9.17, 15) is 0 Å². The summed E-state index contributed by atoms with van der Waals surface area (Å²) in [7, 11) is 0. The average Bonchev–Trinajstić information content (AvgIpc) is 2.05. The lowest BCUT2D eigenvalue weighted by atomic mass is 10.2. The van der Waals surface area contributed by atoms with Crippen molar-refractivity contribution in [1.82, 2.24) is 0 Å². The Hall–Kier alpha value is -0.590. The lowest BCUT2D eigenvalue weighted by Crippen LogP contribution is -2.21. The van der Waals surface area contributed by atoms with E-state index in [1.54, 1.807) is 0 Å². The lowest BCUT2D eigenvalue weighted by molar-refractivity contribution is -0.140. The van der Waals surface area contributed by atoms with Gasteiger partial charge in [0.1, 0.15) is 0 Å². The van der Waals surface area contributed by atoms with E-state index in [0.717, 1.165) is 0 Å². The first-order valence-electron chi connectivity index (χ1n) is 4.34. The maximum Gasteiger partial charge on any atom is 0.225 e. The van der Waals surface area contributed by atoms with Gasteiger partial charge in [0, 0.05) is 20.1 Å². The van der Waals surface area contributed by atoms with Crippen LogP contribution in [0.2, 0.25) is 0 Å². The third-order valence-electron chi connectivity index (χ3n) is 1.46. The summed E-state index contributed by atoms with van der Waals surface area (Å²) in [6.45, 7) is 13.8. The van der Waals surface area contributed by atoms with E-state index in [1.807, 2.05) is 20.8 Å². The lowest BCUT2D eigenvalue weighted by Gasteiger charge is -2.15. The van der Waals surface area contributed by atoms with Gasteiger partial charge in [-0.25, -0.2) is 6.57 Å². The van der Waals surface area contributed by atoms with Crippen LogP contribution < -0.4 is 0 Å². The molecule has 0 N–H and O–H groups in total. The van der Waals surface area contributed by atoms with Gasteiger partial charge in [-0.05, 0) is 13.8 Å². The van der Waals surface area contributed by atoms with Gasteiger partial charge in [-0.1, -0.05) is 0 Å². The van der Waals surface area contributed by atoms with Crippen molar-refractivity contribution in [2.75, 3.05) is 13.2 Å². The van der Waals surface area contributed by atoms with Crippen LogP contribution in [0.25, 0.3) is 4.85 Å². The van der Waals surface area contributed by atoms with Crippen LogP contribution in [-0.4, -0.2) is 25.5 Å². The first-order chi connectivity index (χ1) is 5.74. The molecule has 3 nitrogen and oxygen atoms in total. The van der Waals surface area contributed by atoms with Gasteiger partial charge in [0.2, 0.25) is 6.04 Å². The number of hydrogen-bond donors (Lipinski definition) is 0. The Morgan fingerprint density at radius 3 is 2.08 bits per heavy atom. The van der Waals surface area contributed by atoms with Crippen molar-refractivity contribution in [3.8, 4) is 0 Å². The molecule has 0 rings (SSSR count). The third kappa shape index (κ3) is 5.11. The van der Waals surface area contributed by atoms with Gasteiger partial charge in [-0.3, -0.25) is 0 Å². The van der Waals surface area contributed by atoms with Gasteiger partial charge in [0.15, 0.2) is 6.29 Å². The van der Waals surface area contributed by atoms with E-state index in [2.05, 4.69) is 4.85 Å². The molecule has 0 aromatic heterocycles. The predicted molar refractivity (Wildman–Crippen MR) is 47.7 cm³/mol. The highest BCUT2D eigenvalue weighted by Gasteiger charge is 2.15. The zero-order valence-corrected chi connectivity index (χ0v) is 8.04. The summed E-state index contributed by atoms with van der Waals surface area (Å²) in [6.07, 6.45) is 0.453. The van der Waals surface area contributed by atoms with Crippen molar-refractivity contribution in [2.24, 2.45) is 0 Å². The van der Waals surface area contributed by atoms with Crippen LogP contribution in [0.1, 0.15) is 27.2 Å². The minimum absolute atomic E-state index is 0.0203. The first kappa shape index (κ1) is 11.4. The molecule has 0 spiro atoms. The molecule has 1 atom stereocenters. The van der Waals surface area contributed by atoms with Crippen molar-refractivity contribution < 1.29 is 9.47 Å². The summed E-state index contributed by atoms with van der Waals surface area (Å²) in [6, 6.07) is -0.0203. The third-order valence-corrected chi connectivity index (χ3v) is 1.46. The van der Waals surface area contributed by atoms with E-state index >= 15 is 0 Å². The van der Waals surface area contributed by atoms with Crippen LogP contribution in [0.3, 0.4) is 0 Å². The van der Waals surface area contributed by atoms with Crippen LogP contribution in [0.5, 0.6) is 0 Å². The second kappa shape index (κ2) is 7.08. The van der Waals surface area contributed by atoms with E-state index < -0.39 is 0 Å². The number of nitrogens with zero attached hydrogens (tertiary/aromatic N) is 1. The molecular weight excluding hydrogens is 154 g/mol. The number of hydrogen-bond acceptors (Lipinski definition) is 2. The summed E-state index contributed by atoms with van der Waals surface area (Å²) in [5.41, 5.74) is 0. The molecule has 0 aliphatic heterocycles. The van der Waals surface area contributed by atoms with Gasteiger partial charge in [0.25, 0.3) is 0 Å².